The zero-order valence-electron chi connectivity index (χ0n) is 16.8. The van der Waals surface area contributed by atoms with Gasteiger partial charge in [0.25, 0.3) is 5.91 Å². The number of pyridine rings is 1. The number of benzene rings is 3. The number of primary amides is 1. The van der Waals surface area contributed by atoms with E-state index < -0.39 is 33.2 Å². The molecule has 0 aliphatic carbocycles. The Morgan fingerprint density at radius 2 is 1.52 bits per heavy atom. The van der Waals surface area contributed by atoms with E-state index in [0.29, 0.717) is 5.56 Å². The van der Waals surface area contributed by atoms with Gasteiger partial charge in [0.05, 0.1) is 27.2 Å². The number of primary sulfonamides is 1. The molecule has 1 heterocycles. The monoisotopic (exact) mass is 471 g/mol. The lowest BCUT2D eigenvalue weighted by atomic mass is 9.97. The van der Waals surface area contributed by atoms with Crippen LogP contribution in [0.4, 0.5) is 13.2 Å². The predicted molar refractivity (Wildman–Crippen MR) is 118 cm³/mol. The van der Waals surface area contributed by atoms with E-state index in [2.05, 4.69) is 4.98 Å². The van der Waals surface area contributed by atoms with Crippen LogP contribution in [0.25, 0.3) is 33.3 Å². The predicted octanol–water partition coefficient (Wildman–Crippen LogP) is 4.33. The third kappa shape index (κ3) is 4.18. The highest BCUT2D eigenvalue weighted by molar-refractivity contribution is 7.89. The summed E-state index contributed by atoms with van der Waals surface area (Å²) in [4.78, 5) is 15.9. The van der Waals surface area contributed by atoms with Crippen LogP contribution in [0, 0.1) is 0 Å². The lowest BCUT2D eigenvalue weighted by Crippen LogP contribution is -2.18. The minimum Gasteiger partial charge on any atom is -0.366 e. The molecule has 0 aliphatic rings. The number of hydrogen-bond acceptors (Lipinski definition) is 4. The lowest BCUT2D eigenvalue weighted by molar-refractivity contribution is -0.136. The Hall–Kier alpha value is -3.76. The molecule has 0 spiro atoms. The summed E-state index contributed by atoms with van der Waals surface area (Å²) in [6, 6.07) is 17.3. The van der Waals surface area contributed by atoms with Crippen LogP contribution in [0.5, 0.6) is 0 Å². The van der Waals surface area contributed by atoms with Gasteiger partial charge < -0.3 is 5.73 Å². The number of rotatable bonds is 4. The molecule has 0 bridgehead atoms. The van der Waals surface area contributed by atoms with Crippen molar-refractivity contribution in [1.82, 2.24) is 4.98 Å². The fraction of sp³-hybridized carbons (Fsp3) is 0.0435. The highest BCUT2D eigenvalue weighted by Crippen LogP contribution is 2.39. The van der Waals surface area contributed by atoms with Crippen LogP contribution in [0.2, 0.25) is 0 Å². The Morgan fingerprint density at radius 1 is 0.879 bits per heavy atom. The molecule has 0 unspecified atom stereocenters. The Morgan fingerprint density at radius 3 is 2.12 bits per heavy atom. The number of hydrogen-bond donors (Lipinski definition) is 2. The molecule has 3 aromatic carbocycles. The van der Waals surface area contributed by atoms with E-state index in [1.54, 1.807) is 30.3 Å². The molecule has 0 saturated carbocycles. The van der Waals surface area contributed by atoms with Gasteiger partial charge in [-0.3, -0.25) is 4.79 Å². The minimum absolute atomic E-state index is 0.0266. The molecule has 4 rings (SSSR count). The Kier molecular flexibility index (Phi) is 5.43. The summed E-state index contributed by atoms with van der Waals surface area (Å²) < 4.78 is 66.1. The molecule has 33 heavy (non-hydrogen) atoms. The molecule has 6 nitrogen and oxygen atoms in total. The fourth-order valence-corrected chi connectivity index (χ4v) is 4.66. The number of para-hydroxylation sites is 1. The molecule has 0 aliphatic heterocycles. The van der Waals surface area contributed by atoms with Gasteiger partial charge in [-0.2, -0.15) is 13.2 Å². The maximum atomic E-state index is 13.6. The number of nitrogens with zero attached hydrogens (tertiary/aromatic N) is 1. The van der Waals surface area contributed by atoms with Crippen LogP contribution < -0.4 is 10.9 Å². The summed E-state index contributed by atoms with van der Waals surface area (Å²) in [7, 11) is -4.41. The first-order valence-electron chi connectivity index (χ1n) is 9.51. The molecule has 0 saturated heterocycles. The second-order valence-electron chi connectivity index (χ2n) is 7.22. The second-order valence-corrected chi connectivity index (χ2v) is 8.72. The quantitative estimate of drug-likeness (QED) is 0.461. The van der Waals surface area contributed by atoms with Gasteiger partial charge in [0.15, 0.2) is 0 Å². The molecule has 1 aromatic heterocycles. The molecule has 4 aromatic rings. The van der Waals surface area contributed by atoms with Crippen LogP contribution in [-0.2, 0) is 16.2 Å². The third-order valence-electron chi connectivity index (χ3n) is 5.06. The summed E-state index contributed by atoms with van der Waals surface area (Å²) in [6.07, 6.45) is -4.73. The van der Waals surface area contributed by atoms with Crippen LogP contribution in [0.15, 0.2) is 77.7 Å². The van der Waals surface area contributed by atoms with Gasteiger partial charge in [-0.05, 0) is 17.7 Å². The van der Waals surface area contributed by atoms with E-state index in [1.165, 1.54) is 30.3 Å². The van der Waals surface area contributed by atoms with Crippen molar-refractivity contribution in [3.05, 3.63) is 83.9 Å². The highest BCUT2D eigenvalue weighted by Gasteiger charge is 2.34. The Bertz CT molecular complexity index is 1500. The van der Waals surface area contributed by atoms with Gasteiger partial charge >= 0.3 is 6.18 Å². The number of nitrogens with two attached hydrogens (primary N) is 2. The van der Waals surface area contributed by atoms with E-state index in [0.717, 1.165) is 12.1 Å². The summed E-state index contributed by atoms with van der Waals surface area (Å²) in [5.41, 5.74) is 4.03. The smallest absolute Gasteiger partial charge is 0.366 e. The maximum Gasteiger partial charge on any atom is 0.418 e. The molecule has 0 fully saturated rings. The third-order valence-corrected chi connectivity index (χ3v) is 6.06. The van der Waals surface area contributed by atoms with Gasteiger partial charge in [-0.1, -0.05) is 60.7 Å². The van der Waals surface area contributed by atoms with Crippen LogP contribution in [0.3, 0.4) is 0 Å². The minimum atomic E-state index is -4.73. The molecule has 10 heteroatoms. The van der Waals surface area contributed by atoms with Crippen molar-refractivity contribution >= 4 is 26.8 Å². The first kappa shape index (κ1) is 22.4. The van der Waals surface area contributed by atoms with Crippen molar-refractivity contribution in [3.63, 3.8) is 0 Å². The van der Waals surface area contributed by atoms with E-state index in [-0.39, 0.29) is 32.7 Å². The molecule has 4 N–H and O–H groups in total. The van der Waals surface area contributed by atoms with E-state index in [9.17, 15) is 26.4 Å². The van der Waals surface area contributed by atoms with Crippen molar-refractivity contribution in [3.8, 4) is 22.4 Å². The van der Waals surface area contributed by atoms with E-state index >= 15 is 0 Å². The second kappa shape index (κ2) is 7.98. The topological polar surface area (TPSA) is 116 Å². The lowest BCUT2D eigenvalue weighted by Gasteiger charge is -2.17. The molecule has 168 valence electrons. The largest absolute Gasteiger partial charge is 0.418 e. The normalized spacial score (nSPS) is 12.1. The van der Waals surface area contributed by atoms with Gasteiger partial charge in [0, 0.05) is 16.5 Å². The first-order chi connectivity index (χ1) is 15.5. The van der Waals surface area contributed by atoms with Gasteiger partial charge in [0.1, 0.15) is 0 Å². The van der Waals surface area contributed by atoms with Crippen molar-refractivity contribution in [2.75, 3.05) is 0 Å². The number of alkyl halides is 3. The van der Waals surface area contributed by atoms with Crippen molar-refractivity contribution in [2.45, 2.75) is 11.1 Å². The standard InChI is InChI=1S/C23H16F3N3O3S/c24-23(25,26)18-11-4-8-14-12-17(22(27)30)20(29-19(14)18)16-10-5-9-15(21(16)33(28,31)32)13-6-2-1-3-7-13/h1-12H,(H2,27,30)(H2,28,31,32). The van der Waals surface area contributed by atoms with Crippen LogP contribution in [-0.4, -0.2) is 19.3 Å². The van der Waals surface area contributed by atoms with Crippen LogP contribution in [0.1, 0.15) is 15.9 Å². The first-order valence-corrected chi connectivity index (χ1v) is 11.1. The molecule has 0 radical (unpaired) electrons. The van der Waals surface area contributed by atoms with Crippen molar-refractivity contribution in [2.24, 2.45) is 10.9 Å². The average molecular weight is 471 g/mol. The number of amides is 1. The van der Waals surface area contributed by atoms with Gasteiger partial charge in [-0.15, -0.1) is 0 Å². The van der Waals surface area contributed by atoms with E-state index in [1.807, 2.05) is 0 Å². The summed E-state index contributed by atoms with van der Waals surface area (Å²) in [5, 5.41) is 5.55. The highest BCUT2D eigenvalue weighted by atomic mass is 32.2. The SMILES string of the molecule is NC(=O)c1cc2cccc(C(F)(F)F)c2nc1-c1cccc(-c2ccccc2)c1S(N)(=O)=O. The Balaban J connectivity index is 2.15. The zero-order valence-corrected chi connectivity index (χ0v) is 17.6. The molecular weight excluding hydrogens is 455 g/mol. The number of carbonyl (C=O) groups is 1. The fourth-order valence-electron chi connectivity index (χ4n) is 3.70. The molecule has 0 atom stereocenters. The average Bonchev–Trinajstić information content (AvgIpc) is 2.76. The number of halogens is 3. The van der Waals surface area contributed by atoms with Gasteiger partial charge in [-0.25, -0.2) is 18.5 Å². The number of sulfonamides is 1. The molecule has 1 amide bonds. The summed E-state index contributed by atoms with van der Waals surface area (Å²) >= 11 is 0. The summed E-state index contributed by atoms with van der Waals surface area (Å²) in [5.74, 6) is -0.984. The van der Waals surface area contributed by atoms with Crippen molar-refractivity contribution in [1.29, 1.82) is 0 Å². The van der Waals surface area contributed by atoms with Gasteiger partial charge in [0.2, 0.25) is 10.0 Å². The number of carbonyl (C=O) groups excluding carboxylic acids is 1. The maximum absolute atomic E-state index is 13.6. The van der Waals surface area contributed by atoms with Crippen molar-refractivity contribution < 1.29 is 26.4 Å². The zero-order chi connectivity index (χ0) is 24.0. The Labute approximate surface area is 186 Å². The number of aromatic nitrogens is 1. The number of fused-ring (bicyclic) bond motifs is 1. The van der Waals surface area contributed by atoms with Crippen LogP contribution >= 0.6 is 0 Å². The summed E-state index contributed by atoms with van der Waals surface area (Å²) in [6.45, 7) is 0. The van der Waals surface area contributed by atoms with E-state index in [4.69, 9.17) is 10.9 Å². The molecular formula is C23H16F3N3O3S.